The number of aromatic nitrogens is 1. The second-order valence-electron chi connectivity index (χ2n) is 9.80. The van der Waals surface area contributed by atoms with Crippen LogP contribution in [0.4, 0.5) is 5.69 Å². The smallest absolute Gasteiger partial charge is 0.263 e. The summed E-state index contributed by atoms with van der Waals surface area (Å²) in [6, 6.07) is 29.6. The first kappa shape index (κ1) is 25.9. The minimum absolute atomic E-state index is 0.562. The summed E-state index contributed by atoms with van der Waals surface area (Å²) in [7, 11) is 5.52. The van der Waals surface area contributed by atoms with Crippen molar-refractivity contribution in [1.82, 2.24) is 0 Å². The Labute approximate surface area is 239 Å². The summed E-state index contributed by atoms with van der Waals surface area (Å²) in [4.78, 5) is 2.31. The largest absolute Gasteiger partial charge is 0.496 e. The molecule has 5 aromatic rings. The topological polar surface area (TPSA) is 51.6 Å². The average molecular weight is 547 g/mol. The summed E-state index contributed by atoms with van der Waals surface area (Å²) >= 11 is 1.78. The van der Waals surface area contributed by atoms with E-state index in [1.165, 1.54) is 37.6 Å². The molecule has 1 aromatic heterocycles. The van der Waals surface area contributed by atoms with Crippen LogP contribution >= 0.6 is 11.3 Å². The number of fused-ring (bicyclic) bond motifs is 2. The van der Waals surface area contributed by atoms with Crippen molar-refractivity contribution in [3.8, 4) is 22.6 Å². The zero-order valence-electron chi connectivity index (χ0n) is 22.9. The van der Waals surface area contributed by atoms with E-state index < -0.39 is 0 Å². The second kappa shape index (κ2) is 11.0. The Morgan fingerprint density at radius 3 is 2.33 bits per heavy atom. The van der Waals surface area contributed by atoms with Crippen LogP contribution in [0.1, 0.15) is 21.7 Å². The van der Waals surface area contributed by atoms with Gasteiger partial charge in [0, 0.05) is 42.7 Å². The van der Waals surface area contributed by atoms with Gasteiger partial charge in [0.2, 0.25) is 5.52 Å². The van der Waals surface area contributed by atoms with Crippen LogP contribution in [-0.4, -0.2) is 14.2 Å². The Morgan fingerprint density at radius 1 is 0.875 bits per heavy atom. The molecule has 0 atom stereocenters. The molecule has 40 heavy (non-hydrogen) atoms. The Bertz CT molecular complexity index is 1730. The number of hydrogen-bond acceptors (Lipinski definition) is 5. The molecule has 0 aliphatic carbocycles. The van der Waals surface area contributed by atoms with Gasteiger partial charge in [-0.05, 0) is 58.7 Å². The van der Waals surface area contributed by atoms with Crippen LogP contribution in [0, 0.1) is 0 Å². The van der Waals surface area contributed by atoms with Crippen molar-refractivity contribution in [2.75, 3.05) is 19.1 Å². The first-order chi connectivity index (χ1) is 19.6. The van der Waals surface area contributed by atoms with Crippen LogP contribution in [0.2, 0.25) is 0 Å². The summed E-state index contributed by atoms with van der Waals surface area (Å²) in [6.07, 6.45) is 6.69. The predicted molar refractivity (Wildman–Crippen MR) is 166 cm³/mol. The van der Waals surface area contributed by atoms with Gasteiger partial charge in [-0.3, -0.25) is 0 Å². The van der Waals surface area contributed by atoms with Gasteiger partial charge in [-0.1, -0.05) is 59.9 Å². The number of rotatable bonds is 7. The molecule has 0 bridgehead atoms. The molecule has 1 aliphatic heterocycles. The Morgan fingerprint density at radius 2 is 1.60 bits per heavy atom. The molecular formula is C34H32N3O2S+. The Kier molecular flexibility index (Phi) is 7.11. The van der Waals surface area contributed by atoms with Gasteiger partial charge in [0.25, 0.3) is 5.01 Å². The SMILES string of the molecule is COc1cccc(OC)c1-c1ccc2c(c1)sc(C=C1C=CN(Cc3ccc(CN)cc3)c3ccccc31)[n+]2C. The highest BCUT2D eigenvalue weighted by molar-refractivity contribution is 7.19. The van der Waals surface area contributed by atoms with Crippen molar-refractivity contribution in [1.29, 1.82) is 0 Å². The maximum atomic E-state index is 5.78. The zero-order chi connectivity index (χ0) is 27.6. The van der Waals surface area contributed by atoms with Crippen molar-refractivity contribution in [3.05, 3.63) is 119 Å². The van der Waals surface area contributed by atoms with Gasteiger partial charge >= 0.3 is 0 Å². The van der Waals surface area contributed by atoms with Crippen molar-refractivity contribution in [2.45, 2.75) is 13.1 Å². The Balaban J connectivity index is 1.36. The van der Waals surface area contributed by atoms with Crippen LogP contribution in [0.3, 0.4) is 0 Å². The highest BCUT2D eigenvalue weighted by atomic mass is 32.1. The quantitative estimate of drug-likeness (QED) is 0.225. The molecule has 6 rings (SSSR count). The fraction of sp³-hybridized carbons (Fsp3) is 0.147. The van der Waals surface area contributed by atoms with Gasteiger partial charge in [0.1, 0.15) is 23.2 Å². The van der Waals surface area contributed by atoms with E-state index in [0.717, 1.165) is 34.7 Å². The first-order valence-electron chi connectivity index (χ1n) is 13.3. The van der Waals surface area contributed by atoms with Gasteiger partial charge in [-0.2, -0.15) is 4.57 Å². The van der Waals surface area contributed by atoms with E-state index in [1.807, 2.05) is 18.2 Å². The number of anilines is 1. The van der Waals surface area contributed by atoms with E-state index in [-0.39, 0.29) is 0 Å². The summed E-state index contributed by atoms with van der Waals surface area (Å²) in [5.41, 5.74) is 15.0. The van der Waals surface area contributed by atoms with E-state index in [4.69, 9.17) is 15.2 Å². The molecule has 0 fully saturated rings. The highest BCUT2D eigenvalue weighted by Crippen LogP contribution is 2.40. The minimum atomic E-state index is 0.562. The molecule has 4 aromatic carbocycles. The summed E-state index contributed by atoms with van der Waals surface area (Å²) in [5.74, 6) is 1.59. The molecule has 0 radical (unpaired) electrons. The van der Waals surface area contributed by atoms with Crippen LogP contribution in [0.15, 0.2) is 97.2 Å². The third-order valence-electron chi connectivity index (χ3n) is 7.43. The van der Waals surface area contributed by atoms with E-state index in [0.29, 0.717) is 6.54 Å². The van der Waals surface area contributed by atoms with E-state index in [2.05, 4.69) is 102 Å². The molecule has 0 saturated heterocycles. The lowest BCUT2D eigenvalue weighted by atomic mass is 9.99. The number of ether oxygens (including phenoxy) is 2. The normalized spacial score (nSPS) is 13.6. The molecule has 2 heterocycles. The molecule has 1 aliphatic rings. The van der Waals surface area contributed by atoms with E-state index in [9.17, 15) is 0 Å². The lowest BCUT2D eigenvalue weighted by molar-refractivity contribution is -0.642. The van der Waals surface area contributed by atoms with Crippen molar-refractivity contribution in [2.24, 2.45) is 12.8 Å². The van der Waals surface area contributed by atoms with Crippen molar-refractivity contribution >= 4 is 38.9 Å². The number of benzene rings is 4. The van der Waals surface area contributed by atoms with E-state index >= 15 is 0 Å². The number of allylic oxidation sites excluding steroid dienone is 2. The third-order valence-corrected chi connectivity index (χ3v) is 8.58. The molecule has 0 unspecified atom stereocenters. The molecule has 5 nitrogen and oxygen atoms in total. The summed E-state index contributed by atoms with van der Waals surface area (Å²) in [6.45, 7) is 1.36. The Hall–Kier alpha value is -4.39. The molecule has 200 valence electrons. The zero-order valence-corrected chi connectivity index (χ0v) is 23.7. The highest BCUT2D eigenvalue weighted by Gasteiger charge is 2.22. The summed E-state index contributed by atoms with van der Waals surface area (Å²) in [5, 5.41) is 1.18. The van der Waals surface area contributed by atoms with Gasteiger partial charge < -0.3 is 20.1 Å². The maximum Gasteiger partial charge on any atom is 0.263 e. The van der Waals surface area contributed by atoms with Gasteiger partial charge in [0.15, 0.2) is 0 Å². The van der Waals surface area contributed by atoms with E-state index in [1.54, 1.807) is 25.6 Å². The average Bonchev–Trinajstić information content (AvgIpc) is 3.32. The number of nitrogens with two attached hydrogens (primary N) is 1. The molecule has 0 spiro atoms. The standard InChI is InChI=1S/C34H32N3O2S/c1-36-29-16-15-26(34-30(38-2)9-6-10-31(34)39-3)19-32(29)40-33(36)20-25-17-18-37(28-8-5-4-7-27(25)28)22-24-13-11-23(21-35)12-14-24/h4-20H,21-22,35H2,1-3H3/q+1. The molecular weight excluding hydrogens is 514 g/mol. The lowest BCUT2D eigenvalue weighted by Gasteiger charge is -2.27. The first-order valence-corrected chi connectivity index (χ1v) is 14.1. The molecule has 0 amide bonds. The molecule has 0 saturated carbocycles. The monoisotopic (exact) mass is 546 g/mol. The minimum Gasteiger partial charge on any atom is -0.496 e. The number of nitrogens with zero attached hydrogens (tertiary/aromatic N) is 2. The lowest BCUT2D eigenvalue weighted by Crippen LogP contribution is -2.29. The van der Waals surface area contributed by atoms with Crippen molar-refractivity contribution < 1.29 is 14.0 Å². The van der Waals surface area contributed by atoms with Crippen LogP contribution in [0.25, 0.3) is 33.0 Å². The van der Waals surface area contributed by atoms with Crippen molar-refractivity contribution in [3.63, 3.8) is 0 Å². The third kappa shape index (κ3) is 4.76. The summed E-state index contributed by atoms with van der Waals surface area (Å²) < 4.78 is 14.8. The van der Waals surface area contributed by atoms with Crippen LogP contribution in [0.5, 0.6) is 11.5 Å². The number of para-hydroxylation sites is 1. The second-order valence-corrected chi connectivity index (χ2v) is 10.9. The van der Waals surface area contributed by atoms with Crippen LogP contribution in [-0.2, 0) is 20.1 Å². The molecule has 6 heteroatoms. The van der Waals surface area contributed by atoms with Gasteiger partial charge in [-0.25, -0.2) is 0 Å². The fourth-order valence-electron chi connectivity index (χ4n) is 5.27. The predicted octanol–water partition coefficient (Wildman–Crippen LogP) is 6.94. The number of hydrogen-bond donors (Lipinski definition) is 1. The molecule has 2 N–H and O–H groups in total. The number of thiazole rings is 1. The number of methoxy groups -OCH3 is 2. The van der Waals surface area contributed by atoms with Crippen LogP contribution < -0.4 is 24.7 Å². The van der Waals surface area contributed by atoms with Gasteiger partial charge in [-0.15, -0.1) is 0 Å². The van der Waals surface area contributed by atoms with Gasteiger partial charge in [0.05, 0.1) is 19.8 Å². The fourth-order valence-corrected chi connectivity index (χ4v) is 6.42. The maximum absolute atomic E-state index is 5.78. The number of aryl methyl sites for hydroxylation is 1.